The van der Waals surface area contributed by atoms with Gasteiger partial charge in [-0.2, -0.15) is 0 Å². The molecule has 80 valence electrons. The molecular weight excluding hydrogens is 194 g/mol. The van der Waals surface area contributed by atoms with Crippen molar-refractivity contribution in [1.82, 2.24) is 0 Å². The molecule has 0 aliphatic rings. The van der Waals surface area contributed by atoms with E-state index >= 15 is 0 Å². The minimum Gasteiger partial charge on any atom is -0.468 e. The fraction of sp³-hybridized carbons (Fsp3) is 0.636. The minimum atomic E-state index is 0.175. The van der Waals surface area contributed by atoms with E-state index in [1.165, 1.54) is 0 Å². The maximum absolute atomic E-state index is 6.08. The second-order valence-electron chi connectivity index (χ2n) is 3.69. The van der Waals surface area contributed by atoms with Gasteiger partial charge in [-0.15, -0.1) is 11.8 Å². The maximum atomic E-state index is 6.08. The third-order valence-electron chi connectivity index (χ3n) is 2.10. The van der Waals surface area contributed by atoms with Crippen molar-refractivity contribution in [3.8, 4) is 0 Å². The summed E-state index contributed by atoms with van der Waals surface area (Å²) in [5, 5.41) is 0.859. The highest BCUT2D eigenvalue weighted by Crippen LogP contribution is 2.35. The van der Waals surface area contributed by atoms with Crippen molar-refractivity contribution in [2.45, 2.75) is 43.7 Å². The van der Waals surface area contributed by atoms with E-state index in [2.05, 4.69) is 20.8 Å². The molecular formula is C11H19NOS. The van der Waals surface area contributed by atoms with Crippen molar-refractivity contribution < 1.29 is 4.42 Å². The molecule has 0 amide bonds. The highest BCUT2D eigenvalue weighted by molar-refractivity contribution is 8.00. The van der Waals surface area contributed by atoms with Gasteiger partial charge < -0.3 is 10.2 Å². The molecule has 1 heterocycles. The van der Waals surface area contributed by atoms with Crippen LogP contribution in [0.2, 0.25) is 0 Å². The summed E-state index contributed by atoms with van der Waals surface area (Å²) in [4.78, 5) is 0. The average Bonchev–Trinajstić information content (AvgIpc) is 2.65. The van der Waals surface area contributed by atoms with E-state index in [1.54, 1.807) is 6.26 Å². The first-order valence-corrected chi connectivity index (χ1v) is 6.03. The Balaban J connectivity index is 2.72. The van der Waals surface area contributed by atoms with Gasteiger partial charge in [-0.3, -0.25) is 0 Å². The predicted octanol–water partition coefficient (Wildman–Crippen LogP) is 3.20. The van der Waals surface area contributed by atoms with Crippen molar-refractivity contribution in [1.29, 1.82) is 0 Å². The summed E-state index contributed by atoms with van der Waals surface area (Å²) >= 11 is 1.87. The lowest BCUT2D eigenvalue weighted by molar-refractivity contribution is 0.473. The standard InChI is InChI=1S/C11H19NOS/c1-4-9(12)11(14-8(2)3)10-6-5-7-13-10/h5-9,11H,4,12H2,1-3H3. The largest absolute Gasteiger partial charge is 0.468 e. The first-order valence-electron chi connectivity index (χ1n) is 5.09. The van der Waals surface area contributed by atoms with Crippen LogP contribution in [0.15, 0.2) is 22.8 Å². The molecule has 1 aromatic heterocycles. The Morgan fingerprint density at radius 2 is 2.21 bits per heavy atom. The lowest BCUT2D eigenvalue weighted by Crippen LogP contribution is -2.26. The molecule has 2 unspecified atom stereocenters. The fourth-order valence-corrected chi connectivity index (χ4v) is 2.59. The van der Waals surface area contributed by atoms with Gasteiger partial charge in [0.15, 0.2) is 0 Å². The molecule has 3 heteroatoms. The van der Waals surface area contributed by atoms with Crippen molar-refractivity contribution in [2.24, 2.45) is 5.73 Å². The van der Waals surface area contributed by atoms with Gasteiger partial charge >= 0.3 is 0 Å². The Labute approximate surface area is 90.2 Å². The van der Waals surface area contributed by atoms with Crippen molar-refractivity contribution in [2.75, 3.05) is 0 Å². The SMILES string of the molecule is CCC(N)C(SC(C)C)c1ccco1. The molecule has 2 nitrogen and oxygen atoms in total. The molecule has 0 spiro atoms. The summed E-state index contributed by atoms with van der Waals surface area (Å²) in [5.41, 5.74) is 6.08. The smallest absolute Gasteiger partial charge is 0.118 e. The summed E-state index contributed by atoms with van der Waals surface area (Å²) in [6.07, 6.45) is 2.69. The van der Waals surface area contributed by atoms with Gasteiger partial charge in [0.2, 0.25) is 0 Å². The van der Waals surface area contributed by atoms with E-state index in [1.807, 2.05) is 23.9 Å². The molecule has 14 heavy (non-hydrogen) atoms. The van der Waals surface area contributed by atoms with Gasteiger partial charge in [0, 0.05) is 6.04 Å². The van der Waals surface area contributed by atoms with Crippen molar-refractivity contribution in [3.63, 3.8) is 0 Å². The molecule has 1 rings (SSSR count). The van der Waals surface area contributed by atoms with E-state index < -0.39 is 0 Å². The molecule has 0 saturated carbocycles. The van der Waals surface area contributed by atoms with Crippen LogP contribution in [0.25, 0.3) is 0 Å². The molecule has 1 aromatic rings. The number of hydrogen-bond donors (Lipinski definition) is 1. The van der Waals surface area contributed by atoms with Crippen molar-refractivity contribution >= 4 is 11.8 Å². The summed E-state index contributed by atoms with van der Waals surface area (Å²) in [6, 6.07) is 4.11. The number of thioether (sulfide) groups is 1. The number of furan rings is 1. The Morgan fingerprint density at radius 1 is 1.50 bits per heavy atom. The first-order chi connectivity index (χ1) is 6.65. The second-order valence-corrected chi connectivity index (χ2v) is 5.42. The lowest BCUT2D eigenvalue weighted by atomic mass is 10.1. The molecule has 0 bridgehead atoms. The summed E-state index contributed by atoms with van der Waals surface area (Å²) in [6.45, 7) is 6.48. The van der Waals surface area contributed by atoms with Crippen LogP contribution in [0.5, 0.6) is 0 Å². The summed E-state index contributed by atoms with van der Waals surface area (Å²) < 4.78 is 5.42. The van der Waals surface area contributed by atoms with Crippen LogP contribution >= 0.6 is 11.8 Å². The van der Waals surface area contributed by atoms with Crippen molar-refractivity contribution in [3.05, 3.63) is 24.2 Å². The van der Waals surface area contributed by atoms with Crippen LogP contribution < -0.4 is 5.73 Å². The van der Waals surface area contributed by atoms with E-state index in [4.69, 9.17) is 10.2 Å². The minimum absolute atomic E-state index is 0.175. The van der Waals surface area contributed by atoms with Gasteiger partial charge in [-0.1, -0.05) is 20.8 Å². The van der Waals surface area contributed by atoms with Crippen LogP contribution in [0.3, 0.4) is 0 Å². The highest BCUT2D eigenvalue weighted by Gasteiger charge is 2.22. The third kappa shape index (κ3) is 3.07. The van der Waals surface area contributed by atoms with Crippen LogP contribution in [0, 0.1) is 0 Å². The van der Waals surface area contributed by atoms with Gasteiger partial charge in [-0.05, 0) is 23.8 Å². The molecule has 2 atom stereocenters. The molecule has 0 aliphatic carbocycles. The zero-order valence-corrected chi connectivity index (χ0v) is 9.88. The van der Waals surface area contributed by atoms with E-state index in [0.29, 0.717) is 5.25 Å². The normalized spacial score (nSPS) is 15.8. The maximum Gasteiger partial charge on any atom is 0.118 e. The zero-order valence-electron chi connectivity index (χ0n) is 9.07. The molecule has 0 radical (unpaired) electrons. The van der Waals surface area contributed by atoms with E-state index in [0.717, 1.165) is 12.2 Å². The number of hydrogen-bond acceptors (Lipinski definition) is 3. The molecule has 0 fully saturated rings. The highest BCUT2D eigenvalue weighted by atomic mass is 32.2. The Hall–Kier alpha value is -0.410. The first kappa shape index (κ1) is 11.7. The Bertz CT molecular complexity index is 246. The van der Waals surface area contributed by atoms with Crippen LogP contribution in [0.4, 0.5) is 0 Å². The van der Waals surface area contributed by atoms with Crippen LogP contribution in [-0.2, 0) is 0 Å². The van der Waals surface area contributed by atoms with Gasteiger partial charge in [0.25, 0.3) is 0 Å². The second kappa shape index (κ2) is 5.47. The third-order valence-corrected chi connectivity index (χ3v) is 3.52. The molecule has 0 aliphatic heterocycles. The van der Waals surface area contributed by atoms with Crippen LogP contribution in [0.1, 0.15) is 38.2 Å². The number of nitrogens with two attached hydrogens (primary N) is 1. The molecule has 2 N–H and O–H groups in total. The monoisotopic (exact) mass is 213 g/mol. The Morgan fingerprint density at radius 3 is 2.64 bits per heavy atom. The van der Waals surface area contributed by atoms with Gasteiger partial charge in [0.05, 0.1) is 11.5 Å². The fourth-order valence-electron chi connectivity index (χ4n) is 1.34. The summed E-state index contributed by atoms with van der Waals surface area (Å²) in [5.74, 6) is 0.998. The topological polar surface area (TPSA) is 39.2 Å². The molecule has 0 aromatic carbocycles. The van der Waals surface area contributed by atoms with Crippen LogP contribution in [-0.4, -0.2) is 11.3 Å². The average molecular weight is 213 g/mol. The van der Waals surface area contributed by atoms with E-state index in [-0.39, 0.29) is 11.3 Å². The quantitative estimate of drug-likeness (QED) is 0.816. The number of rotatable bonds is 5. The predicted molar refractivity (Wildman–Crippen MR) is 62.4 cm³/mol. The zero-order chi connectivity index (χ0) is 10.6. The van der Waals surface area contributed by atoms with E-state index in [9.17, 15) is 0 Å². The van der Waals surface area contributed by atoms with Gasteiger partial charge in [-0.25, -0.2) is 0 Å². The summed E-state index contributed by atoms with van der Waals surface area (Å²) in [7, 11) is 0. The molecule has 0 saturated heterocycles. The Kier molecular flexibility index (Phi) is 4.55. The van der Waals surface area contributed by atoms with Gasteiger partial charge in [0.1, 0.15) is 5.76 Å². The lowest BCUT2D eigenvalue weighted by Gasteiger charge is -2.22.